The number of hydrogen-bond acceptors (Lipinski definition) is 6. The largest absolute Gasteiger partial charge is 0.323 e. The van der Waals surface area contributed by atoms with E-state index < -0.39 is 27.3 Å². The molecule has 0 bridgehead atoms. The summed E-state index contributed by atoms with van der Waals surface area (Å²) in [6.45, 7) is 0. The molecular weight excluding hydrogens is 341 g/mol. The highest BCUT2D eigenvalue weighted by atomic mass is 32.2. The Labute approximate surface area is 135 Å². The first-order valence-electron chi connectivity index (χ1n) is 6.46. The zero-order valence-corrected chi connectivity index (χ0v) is 13.2. The van der Waals surface area contributed by atoms with E-state index >= 15 is 0 Å². The molecule has 2 aromatic carbocycles. The molecule has 0 unspecified atom stereocenters. The number of anilines is 1. The molecule has 3 rings (SSSR count). The maximum absolute atomic E-state index is 13.5. The number of carbonyl (C=O) groups excluding carboxylic acids is 1. The van der Waals surface area contributed by atoms with Crippen LogP contribution in [0.1, 0.15) is 0 Å². The van der Waals surface area contributed by atoms with Gasteiger partial charge in [-0.05, 0) is 24.3 Å². The van der Waals surface area contributed by atoms with Gasteiger partial charge in [-0.25, -0.2) is 12.8 Å². The number of nitrogens with one attached hydrogen (secondary N) is 1. The number of aromatic nitrogens is 2. The number of fused-ring (bicyclic) bond motifs is 1. The third-order valence-corrected chi connectivity index (χ3v) is 5.24. The van der Waals surface area contributed by atoms with Gasteiger partial charge in [-0.3, -0.25) is 4.79 Å². The predicted molar refractivity (Wildman–Crippen MR) is 84.5 cm³/mol. The Morgan fingerprint density at radius 3 is 2.70 bits per heavy atom. The number of benzene rings is 2. The Bertz CT molecular complexity index is 986. The molecule has 9 heteroatoms. The number of amides is 1. The van der Waals surface area contributed by atoms with Gasteiger partial charge in [-0.2, -0.15) is 8.75 Å². The van der Waals surface area contributed by atoms with E-state index in [9.17, 15) is 17.6 Å². The van der Waals surface area contributed by atoms with Crippen LogP contribution in [0.25, 0.3) is 11.0 Å². The maximum Gasteiger partial charge on any atom is 0.240 e. The molecule has 0 aliphatic rings. The van der Waals surface area contributed by atoms with E-state index in [1.807, 2.05) is 0 Å². The number of rotatable bonds is 4. The Morgan fingerprint density at radius 2 is 1.91 bits per heavy atom. The molecule has 1 amide bonds. The molecule has 0 aliphatic heterocycles. The third kappa shape index (κ3) is 3.20. The Kier molecular flexibility index (Phi) is 4.05. The van der Waals surface area contributed by atoms with E-state index in [0.29, 0.717) is 5.52 Å². The molecule has 1 heterocycles. The lowest BCUT2D eigenvalue weighted by Crippen LogP contribution is -2.23. The second kappa shape index (κ2) is 6.01. The van der Waals surface area contributed by atoms with Gasteiger partial charge < -0.3 is 5.32 Å². The smallest absolute Gasteiger partial charge is 0.240 e. The van der Waals surface area contributed by atoms with Crippen LogP contribution in [0, 0.1) is 5.82 Å². The van der Waals surface area contributed by atoms with Crippen LogP contribution in [0.4, 0.5) is 10.1 Å². The molecule has 1 N–H and O–H groups in total. The lowest BCUT2D eigenvalue weighted by molar-refractivity contribution is -0.113. The molecule has 0 spiro atoms. The lowest BCUT2D eigenvalue weighted by Gasteiger charge is -2.07. The lowest BCUT2D eigenvalue weighted by atomic mass is 10.3. The van der Waals surface area contributed by atoms with Crippen molar-refractivity contribution in [1.82, 2.24) is 8.75 Å². The summed E-state index contributed by atoms with van der Waals surface area (Å²) in [6.07, 6.45) is 0. The van der Waals surface area contributed by atoms with E-state index in [-0.39, 0.29) is 16.1 Å². The first-order chi connectivity index (χ1) is 11.0. The minimum atomic E-state index is -3.92. The van der Waals surface area contributed by atoms with Gasteiger partial charge in [0.1, 0.15) is 22.6 Å². The summed E-state index contributed by atoms with van der Waals surface area (Å²) in [4.78, 5) is 11.9. The summed E-state index contributed by atoms with van der Waals surface area (Å²) in [5.41, 5.74) is 0.614. The topological polar surface area (TPSA) is 89.0 Å². The van der Waals surface area contributed by atoms with Gasteiger partial charge in [-0.1, -0.05) is 18.2 Å². The number of carbonyl (C=O) groups is 1. The Morgan fingerprint density at radius 1 is 1.13 bits per heavy atom. The summed E-state index contributed by atoms with van der Waals surface area (Å²) in [5.74, 6) is -2.27. The van der Waals surface area contributed by atoms with E-state index in [4.69, 9.17) is 0 Å². The normalized spacial score (nSPS) is 11.5. The highest BCUT2D eigenvalue weighted by Crippen LogP contribution is 2.22. The van der Waals surface area contributed by atoms with Crippen molar-refractivity contribution in [2.45, 2.75) is 4.90 Å². The van der Waals surface area contributed by atoms with Crippen LogP contribution in [0.15, 0.2) is 47.4 Å². The highest BCUT2D eigenvalue weighted by Gasteiger charge is 2.23. The summed E-state index contributed by atoms with van der Waals surface area (Å²) >= 11 is 0.892. The van der Waals surface area contributed by atoms with Gasteiger partial charge in [0, 0.05) is 0 Å². The molecule has 3 aromatic rings. The first kappa shape index (κ1) is 15.5. The van der Waals surface area contributed by atoms with Crippen molar-refractivity contribution in [1.29, 1.82) is 0 Å². The number of nitrogens with zero attached hydrogens (tertiary/aromatic N) is 2. The van der Waals surface area contributed by atoms with Gasteiger partial charge in [0.15, 0.2) is 9.84 Å². The van der Waals surface area contributed by atoms with Crippen LogP contribution in [0.5, 0.6) is 0 Å². The summed E-state index contributed by atoms with van der Waals surface area (Å²) in [5, 5.41) is 2.25. The zero-order valence-electron chi connectivity index (χ0n) is 11.6. The molecule has 118 valence electrons. The predicted octanol–water partition coefficient (Wildman–Crippen LogP) is 2.24. The van der Waals surface area contributed by atoms with E-state index in [2.05, 4.69) is 14.1 Å². The standard InChI is InChI=1S/C14H10FN3O3S2/c15-9-4-1-2-5-10(9)16-13(19)8-23(20,21)12-7-3-6-11-14(12)18-22-17-11/h1-7H,8H2,(H,16,19). The fourth-order valence-electron chi connectivity index (χ4n) is 2.03. The molecule has 0 atom stereocenters. The van der Waals surface area contributed by atoms with E-state index in [1.165, 1.54) is 36.4 Å². The van der Waals surface area contributed by atoms with Crippen molar-refractivity contribution in [3.05, 3.63) is 48.3 Å². The monoisotopic (exact) mass is 351 g/mol. The highest BCUT2D eigenvalue weighted by molar-refractivity contribution is 7.92. The number of para-hydroxylation sites is 1. The van der Waals surface area contributed by atoms with Crippen LogP contribution in [0.2, 0.25) is 0 Å². The van der Waals surface area contributed by atoms with Crippen LogP contribution in [0.3, 0.4) is 0 Å². The molecule has 0 aliphatic carbocycles. The van der Waals surface area contributed by atoms with E-state index in [0.717, 1.165) is 11.7 Å². The van der Waals surface area contributed by atoms with Crippen LogP contribution >= 0.6 is 11.7 Å². The first-order valence-corrected chi connectivity index (χ1v) is 8.84. The van der Waals surface area contributed by atoms with Crippen LogP contribution in [-0.2, 0) is 14.6 Å². The number of hydrogen-bond donors (Lipinski definition) is 1. The van der Waals surface area contributed by atoms with Crippen molar-refractivity contribution in [3.63, 3.8) is 0 Å². The molecule has 1 aromatic heterocycles. The minimum Gasteiger partial charge on any atom is -0.323 e. The number of halogens is 1. The molecule has 6 nitrogen and oxygen atoms in total. The van der Waals surface area contributed by atoms with Gasteiger partial charge in [0.25, 0.3) is 0 Å². The van der Waals surface area contributed by atoms with Crippen molar-refractivity contribution in [2.75, 3.05) is 11.1 Å². The van der Waals surface area contributed by atoms with Crippen LogP contribution in [-0.4, -0.2) is 28.8 Å². The molecular formula is C14H10FN3O3S2. The maximum atomic E-state index is 13.5. The zero-order chi connectivity index (χ0) is 16.4. The molecule has 0 saturated heterocycles. The van der Waals surface area contributed by atoms with E-state index in [1.54, 1.807) is 6.07 Å². The fourth-order valence-corrected chi connectivity index (χ4v) is 3.94. The van der Waals surface area contributed by atoms with Gasteiger partial charge in [0.2, 0.25) is 5.91 Å². The average molecular weight is 351 g/mol. The molecule has 23 heavy (non-hydrogen) atoms. The second-order valence-corrected chi connectivity index (χ2v) is 7.16. The third-order valence-electron chi connectivity index (χ3n) is 3.05. The molecule has 0 saturated carbocycles. The van der Waals surface area contributed by atoms with Crippen molar-refractivity contribution < 1.29 is 17.6 Å². The van der Waals surface area contributed by atoms with Crippen molar-refractivity contribution >= 4 is 44.2 Å². The summed E-state index contributed by atoms with van der Waals surface area (Å²) < 4.78 is 46.2. The summed E-state index contributed by atoms with van der Waals surface area (Å²) in [7, 11) is -3.92. The van der Waals surface area contributed by atoms with Gasteiger partial charge in [-0.15, -0.1) is 0 Å². The average Bonchev–Trinajstić information content (AvgIpc) is 2.97. The molecule has 0 radical (unpaired) electrons. The quantitative estimate of drug-likeness (QED) is 0.779. The Hall–Kier alpha value is -2.39. The fraction of sp³-hybridized carbons (Fsp3) is 0.0714. The van der Waals surface area contributed by atoms with Crippen molar-refractivity contribution in [2.24, 2.45) is 0 Å². The summed E-state index contributed by atoms with van der Waals surface area (Å²) in [6, 6.07) is 10.1. The van der Waals surface area contributed by atoms with Gasteiger partial charge in [0.05, 0.1) is 22.3 Å². The minimum absolute atomic E-state index is 0.0626. The SMILES string of the molecule is O=C(CS(=O)(=O)c1cccc2nsnc12)Nc1ccccc1F. The Balaban J connectivity index is 1.85. The second-order valence-electron chi connectivity index (χ2n) is 4.68. The number of sulfone groups is 1. The van der Waals surface area contributed by atoms with Crippen LogP contribution < -0.4 is 5.32 Å². The molecule has 0 fully saturated rings. The van der Waals surface area contributed by atoms with Crippen molar-refractivity contribution in [3.8, 4) is 0 Å². The van der Waals surface area contributed by atoms with Gasteiger partial charge >= 0.3 is 0 Å².